The molecule has 1 aromatic carbocycles. The summed E-state index contributed by atoms with van der Waals surface area (Å²) in [4.78, 5) is 3.90. The summed E-state index contributed by atoms with van der Waals surface area (Å²) in [6.45, 7) is 0.307. The first-order valence-corrected chi connectivity index (χ1v) is 5.16. The van der Waals surface area contributed by atoms with Gasteiger partial charge in [-0.25, -0.2) is 0 Å². The maximum absolute atomic E-state index is 12.8. The molecular weight excluding hydrogens is 247 g/mol. The molecule has 0 atom stereocenters. The van der Waals surface area contributed by atoms with Crippen LogP contribution in [0.1, 0.15) is 11.5 Å². The molecule has 2 rings (SSSR count). The normalized spacial score (nSPS) is 11.8. The summed E-state index contributed by atoms with van der Waals surface area (Å²) in [6, 6.07) is 5.12. The molecule has 0 bridgehead atoms. The maximum Gasteiger partial charge on any atom is 0.417 e. The van der Waals surface area contributed by atoms with E-state index in [1.807, 2.05) is 0 Å². The lowest BCUT2D eigenvalue weighted by Crippen LogP contribution is -2.07. The Hall–Kier alpha value is -1.89. The van der Waals surface area contributed by atoms with Crippen LogP contribution >= 0.6 is 0 Å². The van der Waals surface area contributed by atoms with Gasteiger partial charge in [-0.3, -0.25) is 0 Å². The minimum atomic E-state index is -4.44. The molecule has 1 aromatic heterocycles. The highest BCUT2D eigenvalue weighted by Gasteiger charge is 2.34. The summed E-state index contributed by atoms with van der Waals surface area (Å²) in [6.07, 6.45) is -4.44. The second-order valence-electron chi connectivity index (χ2n) is 3.59. The average molecular weight is 257 g/mol. The SMILES string of the molecule is CNCc1nc(-c2ccccc2C(F)(F)F)no1. The van der Waals surface area contributed by atoms with Crippen LogP contribution in [0.25, 0.3) is 11.4 Å². The molecule has 0 amide bonds. The Bertz CT molecular complexity index is 536. The summed E-state index contributed by atoms with van der Waals surface area (Å²) in [5, 5.41) is 6.33. The molecule has 0 aliphatic heterocycles. The number of hydrogen-bond donors (Lipinski definition) is 1. The summed E-state index contributed by atoms with van der Waals surface area (Å²) in [5.74, 6) is 0.178. The molecule has 18 heavy (non-hydrogen) atoms. The third-order valence-electron chi connectivity index (χ3n) is 2.27. The van der Waals surface area contributed by atoms with E-state index in [2.05, 4.69) is 15.5 Å². The van der Waals surface area contributed by atoms with Crippen molar-refractivity contribution < 1.29 is 17.7 Å². The van der Waals surface area contributed by atoms with Crippen molar-refractivity contribution in [3.63, 3.8) is 0 Å². The fraction of sp³-hybridized carbons (Fsp3) is 0.273. The molecule has 0 saturated carbocycles. The van der Waals surface area contributed by atoms with Gasteiger partial charge in [-0.05, 0) is 13.1 Å². The highest BCUT2D eigenvalue weighted by Crippen LogP contribution is 2.35. The fourth-order valence-corrected chi connectivity index (χ4v) is 1.51. The Morgan fingerprint density at radius 3 is 2.67 bits per heavy atom. The summed E-state index contributed by atoms with van der Waals surface area (Å²) in [7, 11) is 1.67. The third kappa shape index (κ3) is 2.51. The van der Waals surface area contributed by atoms with Crippen molar-refractivity contribution in [1.82, 2.24) is 15.5 Å². The average Bonchev–Trinajstić information content (AvgIpc) is 2.77. The molecule has 0 fully saturated rings. The number of aromatic nitrogens is 2. The Morgan fingerprint density at radius 1 is 1.28 bits per heavy atom. The Morgan fingerprint density at radius 2 is 2.00 bits per heavy atom. The molecule has 7 heteroatoms. The van der Waals surface area contributed by atoms with Crippen molar-refractivity contribution in [2.45, 2.75) is 12.7 Å². The fourth-order valence-electron chi connectivity index (χ4n) is 1.51. The van der Waals surface area contributed by atoms with E-state index in [4.69, 9.17) is 4.52 Å². The zero-order valence-corrected chi connectivity index (χ0v) is 9.45. The van der Waals surface area contributed by atoms with Crippen LogP contribution in [-0.4, -0.2) is 17.2 Å². The van der Waals surface area contributed by atoms with Crippen molar-refractivity contribution in [1.29, 1.82) is 0 Å². The lowest BCUT2D eigenvalue weighted by atomic mass is 10.1. The maximum atomic E-state index is 12.8. The quantitative estimate of drug-likeness (QED) is 0.917. The predicted octanol–water partition coefficient (Wildman–Crippen LogP) is 2.47. The first-order valence-electron chi connectivity index (χ1n) is 5.16. The number of alkyl halides is 3. The smallest absolute Gasteiger partial charge is 0.338 e. The summed E-state index contributed by atoms with van der Waals surface area (Å²) < 4.78 is 43.2. The van der Waals surface area contributed by atoms with Gasteiger partial charge in [-0.15, -0.1) is 0 Å². The second-order valence-corrected chi connectivity index (χ2v) is 3.59. The molecular formula is C11H10F3N3O. The van der Waals surface area contributed by atoms with E-state index < -0.39 is 11.7 Å². The zero-order chi connectivity index (χ0) is 13.2. The number of halogens is 3. The first kappa shape index (κ1) is 12.6. The van der Waals surface area contributed by atoms with Gasteiger partial charge in [-0.2, -0.15) is 18.2 Å². The van der Waals surface area contributed by atoms with E-state index in [9.17, 15) is 13.2 Å². The molecule has 1 N–H and O–H groups in total. The van der Waals surface area contributed by atoms with E-state index in [-0.39, 0.29) is 17.3 Å². The van der Waals surface area contributed by atoms with E-state index in [0.29, 0.717) is 6.54 Å². The lowest BCUT2D eigenvalue weighted by molar-refractivity contribution is -0.137. The molecule has 0 unspecified atom stereocenters. The molecule has 0 aliphatic rings. The zero-order valence-electron chi connectivity index (χ0n) is 9.45. The number of rotatable bonds is 3. The highest BCUT2D eigenvalue weighted by molar-refractivity contribution is 5.60. The first-order chi connectivity index (χ1) is 8.52. The standard InChI is InChI=1S/C11H10F3N3O/c1-15-6-9-16-10(17-18-9)7-4-2-3-5-8(7)11(12,13)14/h2-5,15H,6H2,1H3. The van der Waals surface area contributed by atoms with Crippen molar-refractivity contribution in [2.75, 3.05) is 7.05 Å². The molecule has 0 saturated heterocycles. The topological polar surface area (TPSA) is 51.0 Å². The van der Waals surface area contributed by atoms with E-state index in [1.54, 1.807) is 7.05 Å². The molecule has 4 nitrogen and oxygen atoms in total. The minimum absolute atomic E-state index is 0.0619. The molecule has 0 spiro atoms. The van der Waals surface area contributed by atoms with Crippen LogP contribution in [0.2, 0.25) is 0 Å². The van der Waals surface area contributed by atoms with Crippen molar-refractivity contribution in [3.8, 4) is 11.4 Å². The van der Waals surface area contributed by atoms with Crippen molar-refractivity contribution in [3.05, 3.63) is 35.7 Å². The summed E-state index contributed by atoms with van der Waals surface area (Å²) >= 11 is 0. The van der Waals surface area contributed by atoms with Gasteiger partial charge in [0.1, 0.15) is 0 Å². The van der Waals surface area contributed by atoms with Crippen LogP contribution in [0.15, 0.2) is 28.8 Å². The number of hydrogen-bond acceptors (Lipinski definition) is 4. The second kappa shape index (κ2) is 4.77. The van der Waals surface area contributed by atoms with E-state index in [0.717, 1.165) is 6.07 Å². The van der Waals surface area contributed by atoms with E-state index >= 15 is 0 Å². The summed E-state index contributed by atoms with van der Waals surface area (Å²) in [5.41, 5.74) is -0.863. The largest absolute Gasteiger partial charge is 0.417 e. The van der Waals surface area contributed by atoms with Gasteiger partial charge in [0.15, 0.2) is 0 Å². The van der Waals surface area contributed by atoms with Gasteiger partial charge in [0.25, 0.3) is 0 Å². The van der Waals surface area contributed by atoms with Crippen LogP contribution in [-0.2, 0) is 12.7 Å². The van der Waals surface area contributed by atoms with Gasteiger partial charge in [-0.1, -0.05) is 23.4 Å². The van der Waals surface area contributed by atoms with Crippen LogP contribution < -0.4 is 5.32 Å². The predicted molar refractivity (Wildman–Crippen MR) is 57.5 cm³/mol. The van der Waals surface area contributed by atoms with Crippen LogP contribution in [0.5, 0.6) is 0 Å². The Balaban J connectivity index is 2.43. The molecule has 0 radical (unpaired) electrons. The number of benzene rings is 1. The molecule has 0 aliphatic carbocycles. The Kier molecular flexibility index (Phi) is 3.33. The lowest BCUT2D eigenvalue weighted by Gasteiger charge is -2.09. The molecule has 96 valence electrons. The number of nitrogens with one attached hydrogen (secondary N) is 1. The van der Waals surface area contributed by atoms with Gasteiger partial charge in [0.05, 0.1) is 12.1 Å². The van der Waals surface area contributed by atoms with Crippen LogP contribution in [0.4, 0.5) is 13.2 Å². The van der Waals surface area contributed by atoms with Crippen molar-refractivity contribution >= 4 is 0 Å². The van der Waals surface area contributed by atoms with Gasteiger partial charge < -0.3 is 9.84 Å². The highest BCUT2D eigenvalue weighted by atomic mass is 19.4. The van der Waals surface area contributed by atoms with Crippen LogP contribution in [0.3, 0.4) is 0 Å². The molecule has 1 heterocycles. The number of nitrogens with zero attached hydrogens (tertiary/aromatic N) is 2. The minimum Gasteiger partial charge on any atom is -0.338 e. The van der Waals surface area contributed by atoms with Gasteiger partial charge in [0.2, 0.25) is 11.7 Å². The van der Waals surface area contributed by atoms with Gasteiger partial charge >= 0.3 is 6.18 Å². The van der Waals surface area contributed by atoms with Gasteiger partial charge in [0, 0.05) is 5.56 Å². The van der Waals surface area contributed by atoms with Crippen molar-refractivity contribution in [2.24, 2.45) is 0 Å². The molecule has 2 aromatic rings. The van der Waals surface area contributed by atoms with E-state index in [1.165, 1.54) is 18.2 Å². The van der Waals surface area contributed by atoms with Crippen LogP contribution in [0, 0.1) is 0 Å². The third-order valence-corrected chi connectivity index (χ3v) is 2.27. The Labute approximate surface area is 101 Å². The monoisotopic (exact) mass is 257 g/mol.